The minimum atomic E-state index is -0.341. The van der Waals surface area contributed by atoms with E-state index >= 15 is 0 Å². The van der Waals surface area contributed by atoms with E-state index in [4.69, 9.17) is 9.26 Å². The molecule has 0 aliphatic heterocycles. The van der Waals surface area contributed by atoms with E-state index in [1.807, 2.05) is 13.8 Å². The van der Waals surface area contributed by atoms with Gasteiger partial charge in [-0.1, -0.05) is 44.0 Å². The van der Waals surface area contributed by atoms with Crippen LogP contribution < -0.4 is 10.1 Å². The molecular formula is C18H24FN3O2. The first kappa shape index (κ1) is 16.9. The van der Waals surface area contributed by atoms with Gasteiger partial charge < -0.3 is 14.6 Å². The fraction of sp³-hybridized carbons (Fsp3) is 0.556. The lowest BCUT2D eigenvalue weighted by Crippen LogP contribution is -2.40. The van der Waals surface area contributed by atoms with E-state index in [9.17, 15) is 4.39 Å². The molecule has 6 heteroatoms. The molecule has 0 unspecified atom stereocenters. The molecule has 0 atom stereocenters. The maximum absolute atomic E-state index is 14.4. The first-order valence-electron chi connectivity index (χ1n) is 8.46. The average Bonchev–Trinajstić information content (AvgIpc) is 3.24. The Kier molecular flexibility index (Phi) is 4.85. The van der Waals surface area contributed by atoms with Crippen LogP contribution in [0.1, 0.15) is 62.7 Å². The van der Waals surface area contributed by atoms with Crippen molar-refractivity contribution >= 4 is 0 Å². The van der Waals surface area contributed by atoms with Gasteiger partial charge in [-0.05, 0) is 18.9 Å². The van der Waals surface area contributed by atoms with Crippen molar-refractivity contribution in [2.45, 2.75) is 57.5 Å². The SMILES string of the molecule is COc1cccc(CNC2(c3noc(C(C)C)n3)CCCC2)c1F. The van der Waals surface area contributed by atoms with Crippen LogP contribution in [0.4, 0.5) is 4.39 Å². The molecule has 0 amide bonds. The van der Waals surface area contributed by atoms with Crippen molar-refractivity contribution in [3.63, 3.8) is 0 Å². The van der Waals surface area contributed by atoms with E-state index in [1.54, 1.807) is 18.2 Å². The van der Waals surface area contributed by atoms with Crippen molar-refractivity contribution < 1.29 is 13.7 Å². The van der Waals surface area contributed by atoms with Crippen LogP contribution in [-0.4, -0.2) is 17.3 Å². The van der Waals surface area contributed by atoms with E-state index in [1.165, 1.54) is 7.11 Å². The van der Waals surface area contributed by atoms with Crippen molar-refractivity contribution in [2.75, 3.05) is 7.11 Å². The number of hydrogen-bond donors (Lipinski definition) is 1. The van der Waals surface area contributed by atoms with Crippen molar-refractivity contribution in [2.24, 2.45) is 0 Å². The van der Waals surface area contributed by atoms with Crippen LogP contribution in [0.25, 0.3) is 0 Å². The lowest BCUT2D eigenvalue weighted by Gasteiger charge is -2.27. The first-order valence-corrected chi connectivity index (χ1v) is 8.46. The van der Waals surface area contributed by atoms with Crippen LogP contribution >= 0.6 is 0 Å². The Morgan fingerprint density at radius 3 is 2.71 bits per heavy atom. The zero-order valence-electron chi connectivity index (χ0n) is 14.4. The Labute approximate surface area is 141 Å². The summed E-state index contributed by atoms with van der Waals surface area (Å²) >= 11 is 0. The molecular weight excluding hydrogens is 309 g/mol. The molecule has 0 spiro atoms. The molecule has 1 fully saturated rings. The molecule has 1 aliphatic carbocycles. The molecule has 0 radical (unpaired) electrons. The number of nitrogens with one attached hydrogen (secondary N) is 1. The molecule has 1 N–H and O–H groups in total. The number of rotatable bonds is 6. The summed E-state index contributed by atoms with van der Waals surface area (Å²) in [6.07, 6.45) is 4.05. The molecule has 1 saturated carbocycles. The highest BCUT2D eigenvalue weighted by atomic mass is 19.1. The van der Waals surface area contributed by atoms with Gasteiger partial charge in [0.1, 0.15) is 0 Å². The second-order valence-electron chi connectivity index (χ2n) is 6.69. The second kappa shape index (κ2) is 6.89. The number of ether oxygens (including phenoxy) is 1. The van der Waals surface area contributed by atoms with Crippen LogP contribution in [0.15, 0.2) is 22.7 Å². The molecule has 0 bridgehead atoms. The van der Waals surface area contributed by atoms with Gasteiger partial charge in [0.25, 0.3) is 0 Å². The molecule has 24 heavy (non-hydrogen) atoms. The van der Waals surface area contributed by atoms with Gasteiger partial charge in [-0.2, -0.15) is 4.98 Å². The summed E-state index contributed by atoms with van der Waals surface area (Å²) in [7, 11) is 1.47. The van der Waals surface area contributed by atoms with Crippen LogP contribution in [0.5, 0.6) is 5.75 Å². The van der Waals surface area contributed by atoms with E-state index in [-0.39, 0.29) is 23.0 Å². The van der Waals surface area contributed by atoms with Crippen LogP contribution in [0.2, 0.25) is 0 Å². The lowest BCUT2D eigenvalue weighted by molar-refractivity contribution is 0.292. The molecule has 1 aliphatic rings. The highest BCUT2D eigenvalue weighted by Crippen LogP contribution is 2.38. The summed E-state index contributed by atoms with van der Waals surface area (Å²) in [4.78, 5) is 4.57. The first-order chi connectivity index (χ1) is 11.6. The van der Waals surface area contributed by atoms with Crippen molar-refractivity contribution in [3.8, 4) is 5.75 Å². The quantitative estimate of drug-likeness (QED) is 0.869. The smallest absolute Gasteiger partial charge is 0.229 e. The predicted octanol–water partition coefficient (Wildman–Crippen LogP) is 3.90. The largest absolute Gasteiger partial charge is 0.494 e. The summed E-state index contributed by atoms with van der Waals surface area (Å²) in [6.45, 7) is 4.45. The maximum atomic E-state index is 14.4. The molecule has 2 aromatic rings. The van der Waals surface area contributed by atoms with Crippen molar-refractivity contribution in [1.82, 2.24) is 15.5 Å². The molecule has 130 valence electrons. The molecule has 1 aromatic heterocycles. The normalized spacial score (nSPS) is 16.7. The molecule has 0 saturated heterocycles. The highest BCUT2D eigenvalue weighted by Gasteiger charge is 2.39. The van der Waals surface area contributed by atoms with Gasteiger partial charge >= 0.3 is 0 Å². The van der Waals surface area contributed by atoms with E-state index in [2.05, 4.69) is 15.5 Å². The molecule has 1 heterocycles. The van der Waals surface area contributed by atoms with Gasteiger partial charge in [0.05, 0.1) is 12.6 Å². The van der Waals surface area contributed by atoms with Crippen LogP contribution in [0, 0.1) is 5.82 Å². The zero-order valence-corrected chi connectivity index (χ0v) is 14.4. The Morgan fingerprint density at radius 1 is 1.33 bits per heavy atom. The summed E-state index contributed by atoms with van der Waals surface area (Å²) < 4.78 is 24.8. The molecule has 5 nitrogen and oxygen atoms in total. The molecule has 1 aromatic carbocycles. The number of methoxy groups -OCH3 is 1. The lowest BCUT2D eigenvalue weighted by atomic mass is 9.96. The predicted molar refractivity (Wildman–Crippen MR) is 88.3 cm³/mol. The van der Waals surface area contributed by atoms with Gasteiger partial charge in [-0.3, -0.25) is 0 Å². The fourth-order valence-electron chi connectivity index (χ4n) is 3.24. The summed E-state index contributed by atoms with van der Waals surface area (Å²) in [5, 5.41) is 7.68. The summed E-state index contributed by atoms with van der Waals surface area (Å²) in [5.74, 6) is 1.46. The third kappa shape index (κ3) is 3.15. The van der Waals surface area contributed by atoms with E-state index in [0.717, 1.165) is 25.7 Å². The van der Waals surface area contributed by atoms with Crippen molar-refractivity contribution in [1.29, 1.82) is 0 Å². The molecule has 3 rings (SSSR count). The number of hydrogen-bond acceptors (Lipinski definition) is 5. The standard InChI is InChI=1S/C18H24FN3O2/c1-12(2)16-21-17(22-24-16)18(9-4-5-10-18)20-11-13-7-6-8-14(23-3)15(13)19/h6-8,12,20H,4-5,9-11H2,1-3H3. The highest BCUT2D eigenvalue weighted by molar-refractivity contribution is 5.31. The van der Waals surface area contributed by atoms with Crippen LogP contribution in [-0.2, 0) is 12.1 Å². The number of nitrogens with zero attached hydrogens (tertiary/aromatic N) is 2. The number of halogens is 1. The summed E-state index contributed by atoms with van der Waals surface area (Å²) in [6, 6.07) is 5.19. The van der Waals surface area contributed by atoms with Crippen LogP contribution in [0.3, 0.4) is 0 Å². The number of aromatic nitrogens is 2. The van der Waals surface area contributed by atoms with Gasteiger partial charge in [0.2, 0.25) is 5.89 Å². The van der Waals surface area contributed by atoms with E-state index < -0.39 is 0 Å². The van der Waals surface area contributed by atoms with Gasteiger partial charge in [-0.15, -0.1) is 0 Å². The van der Waals surface area contributed by atoms with Crippen molar-refractivity contribution in [3.05, 3.63) is 41.3 Å². The third-order valence-electron chi connectivity index (χ3n) is 4.70. The minimum absolute atomic E-state index is 0.195. The zero-order chi connectivity index (χ0) is 17.2. The Balaban J connectivity index is 1.82. The van der Waals surface area contributed by atoms with Gasteiger partial charge in [0, 0.05) is 18.0 Å². The fourth-order valence-corrected chi connectivity index (χ4v) is 3.24. The Hall–Kier alpha value is -1.95. The third-order valence-corrected chi connectivity index (χ3v) is 4.70. The minimum Gasteiger partial charge on any atom is -0.494 e. The number of benzene rings is 1. The Morgan fingerprint density at radius 2 is 2.08 bits per heavy atom. The average molecular weight is 333 g/mol. The topological polar surface area (TPSA) is 60.2 Å². The van der Waals surface area contributed by atoms with Gasteiger partial charge in [-0.25, -0.2) is 4.39 Å². The Bertz CT molecular complexity index is 693. The monoisotopic (exact) mass is 333 g/mol. The van der Waals surface area contributed by atoms with Gasteiger partial charge in [0.15, 0.2) is 17.4 Å². The second-order valence-corrected chi connectivity index (χ2v) is 6.69. The maximum Gasteiger partial charge on any atom is 0.229 e. The van der Waals surface area contributed by atoms with E-state index in [0.29, 0.717) is 23.8 Å². The summed E-state index contributed by atoms with van der Waals surface area (Å²) in [5.41, 5.74) is 0.236.